The second-order valence-corrected chi connectivity index (χ2v) is 8.79. The van der Waals surface area contributed by atoms with Crippen molar-refractivity contribution in [3.63, 3.8) is 0 Å². The Kier molecular flexibility index (Phi) is 6.38. The third-order valence-electron chi connectivity index (χ3n) is 5.00. The highest BCUT2D eigenvalue weighted by Crippen LogP contribution is 2.18. The average molecular weight is 368 g/mol. The Morgan fingerprint density at radius 3 is 2.20 bits per heavy atom. The summed E-state index contributed by atoms with van der Waals surface area (Å²) < 4.78 is 29.0. The molecule has 0 aromatic carbocycles. The van der Waals surface area contributed by atoms with Crippen molar-refractivity contribution in [1.29, 1.82) is 0 Å². The summed E-state index contributed by atoms with van der Waals surface area (Å²) in [6.45, 7) is 6.99. The zero-order valence-electron chi connectivity index (χ0n) is 15.1. The van der Waals surface area contributed by atoms with E-state index < -0.39 is 10.2 Å². The van der Waals surface area contributed by atoms with Crippen LogP contribution in [0.5, 0.6) is 0 Å². The van der Waals surface area contributed by atoms with E-state index in [1.807, 2.05) is 19.3 Å². The van der Waals surface area contributed by atoms with Gasteiger partial charge in [-0.1, -0.05) is 13.3 Å². The lowest BCUT2D eigenvalue weighted by Crippen LogP contribution is -2.47. The normalized spacial score (nSPS) is 22.0. The van der Waals surface area contributed by atoms with Gasteiger partial charge in [0.2, 0.25) is 0 Å². The van der Waals surface area contributed by atoms with Crippen molar-refractivity contribution in [2.45, 2.75) is 45.6 Å². The number of piperidine rings is 1. The van der Waals surface area contributed by atoms with E-state index in [0.717, 1.165) is 63.1 Å². The van der Waals surface area contributed by atoms with Crippen LogP contribution in [-0.4, -0.2) is 71.2 Å². The lowest BCUT2D eigenvalue weighted by molar-refractivity contribution is 0.271. The molecule has 2 aliphatic heterocycles. The molecule has 0 bridgehead atoms. The summed E-state index contributed by atoms with van der Waals surface area (Å²) in [7, 11) is -3.30. The summed E-state index contributed by atoms with van der Waals surface area (Å²) in [6, 6.07) is 0. The van der Waals surface area contributed by atoms with Crippen molar-refractivity contribution in [2.24, 2.45) is 0 Å². The molecule has 140 valence electrons. The number of hydrogen-bond acceptors (Lipinski definition) is 5. The highest BCUT2D eigenvalue weighted by Gasteiger charge is 2.31. The van der Waals surface area contributed by atoms with E-state index in [2.05, 4.69) is 14.9 Å². The average Bonchev–Trinajstić information content (AvgIpc) is 2.89. The Morgan fingerprint density at radius 1 is 0.880 bits per heavy atom. The van der Waals surface area contributed by atoms with Crippen molar-refractivity contribution >= 4 is 10.2 Å². The quantitative estimate of drug-likeness (QED) is 0.784. The van der Waals surface area contributed by atoms with E-state index in [9.17, 15) is 8.42 Å². The Labute approximate surface area is 151 Å². The Morgan fingerprint density at radius 2 is 1.52 bits per heavy atom. The summed E-state index contributed by atoms with van der Waals surface area (Å²) in [5.41, 5.74) is 1.09. The molecule has 3 rings (SSSR count). The van der Waals surface area contributed by atoms with Crippen LogP contribution in [0.25, 0.3) is 0 Å². The van der Waals surface area contributed by atoms with E-state index in [1.54, 1.807) is 8.61 Å². The molecule has 2 fully saturated rings. The fourth-order valence-electron chi connectivity index (χ4n) is 3.50. The van der Waals surface area contributed by atoms with E-state index in [4.69, 9.17) is 0 Å². The molecule has 0 aliphatic carbocycles. The molecular formula is C17H29N5O2S. The van der Waals surface area contributed by atoms with Gasteiger partial charge >= 0.3 is 0 Å². The third-order valence-corrected chi connectivity index (χ3v) is 7.03. The van der Waals surface area contributed by atoms with Crippen LogP contribution in [0, 0.1) is 0 Å². The Hall–Kier alpha value is -1.09. The van der Waals surface area contributed by atoms with Gasteiger partial charge in [-0.25, -0.2) is 9.97 Å². The highest BCUT2D eigenvalue weighted by atomic mass is 32.2. The monoisotopic (exact) mass is 367 g/mol. The molecular weight excluding hydrogens is 338 g/mol. The van der Waals surface area contributed by atoms with Crippen LogP contribution in [0.4, 0.5) is 0 Å². The molecule has 0 amide bonds. The number of hydrogen-bond donors (Lipinski definition) is 0. The van der Waals surface area contributed by atoms with Crippen LogP contribution in [0.1, 0.15) is 44.0 Å². The zero-order chi connectivity index (χ0) is 17.7. The van der Waals surface area contributed by atoms with Gasteiger partial charge in [-0.15, -0.1) is 0 Å². The predicted molar refractivity (Wildman–Crippen MR) is 97.2 cm³/mol. The number of rotatable bonds is 5. The lowest BCUT2D eigenvalue weighted by atomic mass is 10.2. The van der Waals surface area contributed by atoms with Gasteiger partial charge in [0, 0.05) is 63.6 Å². The van der Waals surface area contributed by atoms with Crippen LogP contribution >= 0.6 is 0 Å². The van der Waals surface area contributed by atoms with Gasteiger partial charge in [-0.2, -0.15) is 17.0 Å². The van der Waals surface area contributed by atoms with Gasteiger partial charge in [0.1, 0.15) is 5.82 Å². The molecule has 1 aromatic rings. The molecule has 0 spiro atoms. The zero-order valence-corrected chi connectivity index (χ0v) is 15.9. The van der Waals surface area contributed by atoms with Crippen LogP contribution in [0.3, 0.4) is 0 Å². The van der Waals surface area contributed by atoms with E-state index in [-0.39, 0.29) is 0 Å². The Bertz CT molecular complexity index is 644. The topological polar surface area (TPSA) is 69.6 Å². The highest BCUT2D eigenvalue weighted by molar-refractivity contribution is 7.86. The van der Waals surface area contributed by atoms with Gasteiger partial charge in [0.15, 0.2) is 0 Å². The molecule has 8 heteroatoms. The summed E-state index contributed by atoms with van der Waals surface area (Å²) in [6.07, 6.45) is 8.57. The summed E-state index contributed by atoms with van der Waals surface area (Å²) >= 11 is 0. The van der Waals surface area contributed by atoms with Gasteiger partial charge in [-0.05, 0) is 25.8 Å². The fraction of sp³-hybridized carbons (Fsp3) is 0.765. The maximum Gasteiger partial charge on any atom is 0.282 e. The van der Waals surface area contributed by atoms with Crippen molar-refractivity contribution in [3.05, 3.63) is 23.8 Å². The SMILES string of the molecule is CCc1ncc(CN2CCCN(S(=O)(=O)N3CCCCC3)CC2)cn1. The fourth-order valence-corrected chi connectivity index (χ4v) is 5.22. The molecule has 2 saturated heterocycles. The van der Waals surface area contributed by atoms with E-state index in [1.165, 1.54) is 0 Å². The number of nitrogens with zero attached hydrogens (tertiary/aromatic N) is 5. The van der Waals surface area contributed by atoms with Gasteiger partial charge < -0.3 is 0 Å². The van der Waals surface area contributed by atoms with E-state index in [0.29, 0.717) is 26.2 Å². The molecule has 2 aliphatic rings. The number of aromatic nitrogens is 2. The van der Waals surface area contributed by atoms with Crippen molar-refractivity contribution < 1.29 is 8.42 Å². The first-order chi connectivity index (χ1) is 12.1. The lowest BCUT2D eigenvalue weighted by Gasteiger charge is -2.31. The standard InChI is InChI=1S/C17H29N5O2S/c1-2-17-18-13-16(14-19-17)15-20-7-6-10-22(12-11-20)25(23,24)21-8-4-3-5-9-21/h13-14H,2-12,15H2,1H3. The van der Waals surface area contributed by atoms with Crippen LogP contribution in [0.2, 0.25) is 0 Å². The molecule has 7 nitrogen and oxygen atoms in total. The molecule has 1 aromatic heterocycles. The molecule has 0 unspecified atom stereocenters. The molecule has 0 radical (unpaired) electrons. The van der Waals surface area contributed by atoms with Gasteiger partial charge in [0.25, 0.3) is 10.2 Å². The predicted octanol–water partition coefficient (Wildman–Crippen LogP) is 1.28. The first kappa shape index (κ1) is 18.7. The molecule has 0 atom stereocenters. The van der Waals surface area contributed by atoms with Gasteiger partial charge in [0.05, 0.1) is 0 Å². The Balaban J connectivity index is 1.57. The van der Waals surface area contributed by atoms with Crippen molar-refractivity contribution in [2.75, 3.05) is 39.3 Å². The maximum atomic E-state index is 12.8. The number of aryl methyl sites for hydroxylation is 1. The summed E-state index contributed by atoms with van der Waals surface area (Å²) in [4.78, 5) is 11.0. The summed E-state index contributed by atoms with van der Waals surface area (Å²) in [5, 5.41) is 0. The first-order valence-electron chi connectivity index (χ1n) is 9.37. The maximum absolute atomic E-state index is 12.8. The first-order valence-corrected chi connectivity index (χ1v) is 10.8. The molecule has 25 heavy (non-hydrogen) atoms. The van der Waals surface area contributed by atoms with Gasteiger partial charge in [-0.3, -0.25) is 4.90 Å². The van der Waals surface area contributed by atoms with Crippen LogP contribution in [0.15, 0.2) is 12.4 Å². The van der Waals surface area contributed by atoms with Crippen LogP contribution in [-0.2, 0) is 23.2 Å². The molecule has 0 N–H and O–H groups in total. The molecule has 3 heterocycles. The second-order valence-electron chi connectivity index (χ2n) is 6.86. The largest absolute Gasteiger partial charge is 0.298 e. The van der Waals surface area contributed by atoms with Crippen molar-refractivity contribution in [3.8, 4) is 0 Å². The molecule has 0 saturated carbocycles. The minimum Gasteiger partial charge on any atom is -0.298 e. The summed E-state index contributed by atoms with van der Waals surface area (Å²) in [5.74, 6) is 0.860. The van der Waals surface area contributed by atoms with E-state index >= 15 is 0 Å². The smallest absolute Gasteiger partial charge is 0.282 e. The second kappa shape index (κ2) is 8.53. The minimum atomic E-state index is -3.30. The van der Waals surface area contributed by atoms with Crippen molar-refractivity contribution in [1.82, 2.24) is 23.5 Å². The third kappa shape index (κ3) is 4.75. The minimum absolute atomic E-state index is 0.562. The van der Waals surface area contributed by atoms with Crippen LogP contribution < -0.4 is 0 Å².